The molecule has 1 atom stereocenters. The van der Waals surface area contributed by atoms with Crippen LogP contribution in [0.1, 0.15) is 51.9 Å². The van der Waals surface area contributed by atoms with Gasteiger partial charge in [0, 0.05) is 19.1 Å². The fourth-order valence-electron chi connectivity index (χ4n) is 2.98. The van der Waals surface area contributed by atoms with Gasteiger partial charge >= 0.3 is 5.97 Å². The highest BCUT2D eigenvalue weighted by atomic mass is 16.5. The first-order chi connectivity index (χ1) is 8.77. The molecule has 4 nitrogen and oxygen atoms in total. The van der Waals surface area contributed by atoms with Crippen molar-refractivity contribution in [3.63, 3.8) is 0 Å². The van der Waals surface area contributed by atoms with E-state index < -0.39 is 5.54 Å². The number of carbonyl (C=O) groups excluding carboxylic acids is 1. The monoisotopic (exact) mass is 255 g/mol. The van der Waals surface area contributed by atoms with Crippen LogP contribution >= 0.6 is 0 Å². The molecule has 1 aliphatic heterocycles. The Hall–Kier alpha value is -0.610. The molecule has 4 heteroatoms. The van der Waals surface area contributed by atoms with Gasteiger partial charge in [0.1, 0.15) is 5.54 Å². The van der Waals surface area contributed by atoms with Gasteiger partial charge in [0.15, 0.2) is 0 Å². The molecule has 0 aromatic rings. The van der Waals surface area contributed by atoms with Crippen LogP contribution in [-0.4, -0.2) is 37.4 Å². The lowest BCUT2D eigenvalue weighted by atomic mass is 9.95. The summed E-state index contributed by atoms with van der Waals surface area (Å²) in [4.78, 5) is 12.2. The van der Waals surface area contributed by atoms with Crippen LogP contribution < -0.4 is 5.32 Å². The molecule has 1 aliphatic carbocycles. The van der Waals surface area contributed by atoms with E-state index in [0.717, 1.165) is 6.42 Å². The summed E-state index contributed by atoms with van der Waals surface area (Å²) in [5, 5.41) is 3.56. The minimum absolute atomic E-state index is 0.133. The predicted octanol–water partition coefficient (Wildman–Crippen LogP) is 2.02. The lowest BCUT2D eigenvalue weighted by Gasteiger charge is -2.31. The van der Waals surface area contributed by atoms with Crippen molar-refractivity contribution in [2.45, 2.75) is 63.5 Å². The minimum Gasteiger partial charge on any atom is -0.465 e. The van der Waals surface area contributed by atoms with Gasteiger partial charge in [-0.25, -0.2) is 4.79 Å². The van der Waals surface area contributed by atoms with Gasteiger partial charge in [0.25, 0.3) is 0 Å². The second kappa shape index (κ2) is 6.53. The summed E-state index contributed by atoms with van der Waals surface area (Å²) in [6, 6.07) is 0.443. The standard InChI is InChI=1S/C14H25NO3/c1-2-18-13(16)14(9-10-17-11-14)15-12-7-5-3-4-6-8-12/h12,15H,2-11H2,1H3. The van der Waals surface area contributed by atoms with E-state index in [9.17, 15) is 4.79 Å². The summed E-state index contributed by atoms with van der Waals surface area (Å²) in [6.07, 6.45) is 8.24. The molecule has 1 saturated carbocycles. The molecule has 0 spiro atoms. The van der Waals surface area contributed by atoms with E-state index in [1.165, 1.54) is 38.5 Å². The van der Waals surface area contributed by atoms with Crippen molar-refractivity contribution in [1.82, 2.24) is 5.32 Å². The third-order valence-corrected chi connectivity index (χ3v) is 4.02. The average Bonchev–Trinajstić information content (AvgIpc) is 2.69. The van der Waals surface area contributed by atoms with Gasteiger partial charge in [-0.3, -0.25) is 5.32 Å². The maximum atomic E-state index is 12.2. The largest absolute Gasteiger partial charge is 0.465 e. The van der Waals surface area contributed by atoms with Crippen LogP contribution in [0.4, 0.5) is 0 Å². The summed E-state index contributed by atoms with van der Waals surface area (Å²) in [5.74, 6) is -0.133. The van der Waals surface area contributed by atoms with Gasteiger partial charge in [-0.15, -0.1) is 0 Å². The third-order valence-electron chi connectivity index (χ3n) is 4.02. The van der Waals surface area contributed by atoms with E-state index in [-0.39, 0.29) is 5.97 Å². The molecular weight excluding hydrogens is 230 g/mol. The Morgan fingerprint density at radius 2 is 2.06 bits per heavy atom. The zero-order chi connectivity index (χ0) is 12.8. The normalized spacial score (nSPS) is 30.1. The maximum absolute atomic E-state index is 12.2. The Labute approximate surface area is 109 Å². The Morgan fingerprint density at radius 1 is 1.33 bits per heavy atom. The molecule has 18 heavy (non-hydrogen) atoms. The quantitative estimate of drug-likeness (QED) is 0.617. The van der Waals surface area contributed by atoms with Crippen molar-refractivity contribution in [1.29, 1.82) is 0 Å². The topological polar surface area (TPSA) is 47.6 Å². The number of rotatable bonds is 4. The molecule has 0 aromatic heterocycles. The molecule has 1 saturated heterocycles. The molecule has 104 valence electrons. The number of nitrogens with one attached hydrogen (secondary N) is 1. The van der Waals surface area contributed by atoms with Crippen molar-refractivity contribution < 1.29 is 14.3 Å². The lowest BCUT2D eigenvalue weighted by Crippen LogP contribution is -2.57. The summed E-state index contributed by atoms with van der Waals surface area (Å²) >= 11 is 0. The SMILES string of the molecule is CCOC(=O)C1(NC2CCCCCC2)CCOC1. The van der Waals surface area contributed by atoms with Crippen molar-refractivity contribution in [3.8, 4) is 0 Å². The first-order valence-electron chi connectivity index (χ1n) is 7.29. The van der Waals surface area contributed by atoms with Crippen LogP contribution in [0.2, 0.25) is 0 Å². The molecular formula is C14H25NO3. The van der Waals surface area contributed by atoms with Crippen LogP contribution in [0.15, 0.2) is 0 Å². The van der Waals surface area contributed by atoms with E-state index in [4.69, 9.17) is 9.47 Å². The molecule has 2 rings (SSSR count). The van der Waals surface area contributed by atoms with Gasteiger partial charge in [0.05, 0.1) is 13.2 Å². The fourth-order valence-corrected chi connectivity index (χ4v) is 2.98. The highest BCUT2D eigenvalue weighted by Gasteiger charge is 2.44. The first-order valence-corrected chi connectivity index (χ1v) is 7.29. The fraction of sp³-hybridized carbons (Fsp3) is 0.929. The number of carbonyl (C=O) groups is 1. The minimum atomic E-state index is -0.578. The van der Waals surface area contributed by atoms with Gasteiger partial charge in [-0.1, -0.05) is 25.7 Å². The maximum Gasteiger partial charge on any atom is 0.328 e. The lowest BCUT2D eigenvalue weighted by molar-refractivity contribution is -0.151. The average molecular weight is 255 g/mol. The molecule has 0 amide bonds. The second-order valence-electron chi connectivity index (χ2n) is 5.44. The van der Waals surface area contributed by atoms with Gasteiger partial charge in [-0.05, 0) is 19.8 Å². The predicted molar refractivity (Wildman–Crippen MR) is 69.4 cm³/mol. The second-order valence-corrected chi connectivity index (χ2v) is 5.44. The molecule has 2 aliphatic rings. The van der Waals surface area contributed by atoms with Gasteiger partial charge in [-0.2, -0.15) is 0 Å². The summed E-state index contributed by atoms with van der Waals surface area (Å²) < 4.78 is 10.7. The number of esters is 1. The van der Waals surface area contributed by atoms with E-state index in [2.05, 4.69) is 5.32 Å². The van der Waals surface area contributed by atoms with Crippen molar-refractivity contribution in [3.05, 3.63) is 0 Å². The molecule has 1 heterocycles. The Balaban J connectivity index is 1.98. The molecule has 0 bridgehead atoms. The van der Waals surface area contributed by atoms with Crippen LogP contribution in [0, 0.1) is 0 Å². The Bertz CT molecular complexity index is 266. The zero-order valence-electron chi connectivity index (χ0n) is 11.4. The summed E-state index contributed by atoms with van der Waals surface area (Å²) in [6.45, 7) is 3.40. The highest BCUT2D eigenvalue weighted by molar-refractivity contribution is 5.81. The molecule has 0 aromatic carbocycles. The Morgan fingerprint density at radius 3 is 2.61 bits per heavy atom. The Kier molecular flexibility index (Phi) is 5.01. The van der Waals surface area contributed by atoms with Gasteiger partial charge < -0.3 is 9.47 Å². The van der Waals surface area contributed by atoms with E-state index in [1.54, 1.807) is 0 Å². The summed E-state index contributed by atoms with van der Waals surface area (Å²) in [7, 11) is 0. The molecule has 1 N–H and O–H groups in total. The summed E-state index contributed by atoms with van der Waals surface area (Å²) in [5.41, 5.74) is -0.578. The van der Waals surface area contributed by atoms with Crippen LogP contribution in [0.3, 0.4) is 0 Å². The first kappa shape index (κ1) is 13.8. The third kappa shape index (κ3) is 3.23. The van der Waals surface area contributed by atoms with Crippen LogP contribution in [-0.2, 0) is 14.3 Å². The molecule has 0 radical (unpaired) electrons. The van der Waals surface area contributed by atoms with Crippen LogP contribution in [0.25, 0.3) is 0 Å². The van der Waals surface area contributed by atoms with E-state index in [0.29, 0.717) is 25.9 Å². The van der Waals surface area contributed by atoms with Crippen molar-refractivity contribution >= 4 is 5.97 Å². The number of hydrogen-bond donors (Lipinski definition) is 1. The highest BCUT2D eigenvalue weighted by Crippen LogP contribution is 2.25. The molecule has 1 unspecified atom stereocenters. The van der Waals surface area contributed by atoms with Crippen LogP contribution in [0.5, 0.6) is 0 Å². The molecule has 2 fully saturated rings. The van der Waals surface area contributed by atoms with Gasteiger partial charge in [0.2, 0.25) is 0 Å². The van der Waals surface area contributed by atoms with Crippen molar-refractivity contribution in [2.75, 3.05) is 19.8 Å². The van der Waals surface area contributed by atoms with E-state index in [1.807, 2.05) is 6.92 Å². The van der Waals surface area contributed by atoms with Crippen molar-refractivity contribution in [2.24, 2.45) is 0 Å². The zero-order valence-corrected chi connectivity index (χ0v) is 11.4. The number of ether oxygens (including phenoxy) is 2. The number of hydrogen-bond acceptors (Lipinski definition) is 4. The smallest absolute Gasteiger partial charge is 0.328 e. The van der Waals surface area contributed by atoms with E-state index >= 15 is 0 Å².